The summed E-state index contributed by atoms with van der Waals surface area (Å²) in [5.41, 5.74) is 1.58. The number of oxazole rings is 1. The Labute approximate surface area is 210 Å². The third-order valence-corrected chi connectivity index (χ3v) is 9.03. The van der Waals surface area contributed by atoms with Crippen LogP contribution in [0.4, 0.5) is 0 Å². The van der Waals surface area contributed by atoms with Crippen molar-refractivity contribution in [1.82, 2.24) is 9.71 Å². The van der Waals surface area contributed by atoms with Gasteiger partial charge in [0, 0.05) is 11.1 Å². The summed E-state index contributed by atoms with van der Waals surface area (Å²) in [6.45, 7) is 3.47. The van der Waals surface area contributed by atoms with Crippen molar-refractivity contribution in [3.05, 3.63) is 96.6 Å². The molecule has 0 bridgehead atoms. The molecule has 1 aromatic heterocycles. The second-order valence-electron chi connectivity index (χ2n) is 7.70. The van der Waals surface area contributed by atoms with Crippen LogP contribution in [-0.2, 0) is 23.6 Å². The number of aromatic nitrogens is 1. The molecule has 36 heavy (non-hydrogen) atoms. The highest BCUT2D eigenvalue weighted by molar-refractivity contribution is 7.89. The Morgan fingerprint density at radius 1 is 0.833 bits per heavy atom. The van der Waals surface area contributed by atoms with Gasteiger partial charge in [-0.15, -0.1) is 0 Å². The predicted octanol–water partition coefficient (Wildman–Crippen LogP) is 6.25. The van der Waals surface area contributed by atoms with E-state index in [9.17, 15) is 13.0 Å². The first-order valence-electron chi connectivity index (χ1n) is 11.5. The zero-order chi connectivity index (χ0) is 25.6. The highest BCUT2D eigenvalue weighted by atomic mass is 32.2. The lowest BCUT2D eigenvalue weighted by molar-refractivity contribution is 0.210. The van der Waals surface area contributed by atoms with Gasteiger partial charge in [0.05, 0.1) is 13.2 Å². The third kappa shape index (κ3) is 5.67. The van der Waals surface area contributed by atoms with Gasteiger partial charge in [-0.3, -0.25) is 4.57 Å². The molecule has 8 nitrogen and oxygen atoms in total. The molecule has 1 N–H and O–H groups in total. The Hall–Kier alpha value is -3.07. The molecule has 1 unspecified atom stereocenters. The fraction of sp³-hybridized carbons (Fsp3) is 0.192. The Bertz CT molecular complexity index is 1420. The zero-order valence-corrected chi connectivity index (χ0v) is 21.6. The van der Waals surface area contributed by atoms with E-state index in [4.69, 9.17) is 13.5 Å². The van der Waals surface area contributed by atoms with E-state index >= 15 is 0 Å². The Balaban J connectivity index is 1.84. The van der Waals surface area contributed by atoms with Crippen LogP contribution < -0.4 is 4.72 Å². The molecule has 3 aromatic carbocycles. The number of rotatable bonds is 11. The van der Waals surface area contributed by atoms with Gasteiger partial charge in [-0.05, 0) is 31.5 Å². The van der Waals surface area contributed by atoms with E-state index < -0.39 is 23.4 Å². The fourth-order valence-electron chi connectivity index (χ4n) is 3.66. The van der Waals surface area contributed by atoms with Crippen LogP contribution in [0.3, 0.4) is 0 Å². The van der Waals surface area contributed by atoms with Crippen molar-refractivity contribution >= 4 is 17.6 Å². The Morgan fingerprint density at radius 3 is 1.86 bits per heavy atom. The Morgan fingerprint density at radius 2 is 1.33 bits per heavy atom. The minimum absolute atomic E-state index is 0.0661. The maximum Gasteiger partial charge on any atom is 0.352 e. The van der Waals surface area contributed by atoms with E-state index in [1.807, 2.05) is 12.1 Å². The summed E-state index contributed by atoms with van der Waals surface area (Å²) in [4.78, 5) is 4.36. The van der Waals surface area contributed by atoms with E-state index in [1.165, 1.54) is 0 Å². The van der Waals surface area contributed by atoms with Gasteiger partial charge in [-0.25, -0.2) is 8.42 Å². The van der Waals surface area contributed by atoms with Gasteiger partial charge in [0.1, 0.15) is 5.78 Å². The molecule has 0 spiro atoms. The quantitative estimate of drug-likeness (QED) is 0.230. The normalized spacial score (nSPS) is 12.9. The summed E-state index contributed by atoms with van der Waals surface area (Å²) in [5.74, 6) is -1.09. The largest absolute Gasteiger partial charge is 0.435 e. The van der Waals surface area contributed by atoms with Crippen molar-refractivity contribution in [3.63, 3.8) is 0 Å². The highest BCUT2D eigenvalue weighted by Gasteiger charge is 2.41. The summed E-state index contributed by atoms with van der Waals surface area (Å²) in [5, 5.41) is -0.326. The monoisotopic (exact) mass is 526 g/mol. The standard InChI is InChI=1S/C26H27N2O6PS/c1-3-32-35(29,33-4-2)25(22-18-12-7-13-19-22)28-36(30,31)26-23(20-14-8-5-9-15-20)34-24(27-26)21-16-10-6-11-17-21/h5-19,25,28H,3-4H2,1-2H3. The summed E-state index contributed by atoms with van der Waals surface area (Å²) in [6.07, 6.45) is 0. The molecule has 0 amide bonds. The number of benzene rings is 3. The first kappa shape index (κ1) is 26.0. The average molecular weight is 527 g/mol. The predicted molar refractivity (Wildman–Crippen MR) is 138 cm³/mol. The van der Waals surface area contributed by atoms with E-state index in [0.717, 1.165) is 0 Å². The minimum atomic E-state index is -4.38. The maximum atomic E-state index is 13.8. The molecule has 4 rings (SSSR count). The highest BCUT2D eigenvalue weighted by Crippen LogP contribution is 2.60. The summed E-state index contributed by atoms with van der Waals surface area (Å²) in [6, 6.07) is 26.4. The molecule has 0 fully saturated rings. The van der Waals surface area contributed by atoms with Crippen molar-refractivity contribution in [2.45, 2.75) is 24.7 Å². The van der Waals surface area contributed by atoms with Gasteiger partial charge < -0.3 is 13.5 Å². The molecule has 0 aliphatic carbocycles. The lowest BCUT2D eigenvalue weighted by Crippen LogP contribution is -2.30. The zero-order valence-electron chi connectivity index (χ0n) is 19.9. The number of nitrogens with zero attached hydrogens (tertiary/aromatic N) is 1. The summed E-state index contributed by atoms with van der Waals surface area (Å²) in [7, 11) is -8.34. The molecule has 1 heterocycles. The van der Waals surface area contributed by atoms with Crippen molar-refractivity contribution in [3.8, 4) is 22.8 Å². The number of hydrogen-bond donors (Lipinski definition) is 1. The van der Waals surface area contributed by atoms with Crippen LogP contribution in [0.2, 0.25) is 0 Å². The van der Waals surface area contributed by atoms with E-state index in [0.29, 0.717) is 16.7 Å². The molecule has 4 aromatic rings. The van der Waals surface area contributed by atoms with Crippen molar-refractivity contribution in [2.24, 2.45) is 0 Å². The molecule has 10 heteroatoms. The van der Waals surface area contributed by atoms with Crippen LogP contribution in [0.15, 0.2) is 100 Å². The van der Waals surface area contributed by atoms with Crippen LogP contribution in [0.5, 0.6) is 0 Å². The lowest BCUT2D eigenvalue weighted by atomic mass is 10.2. The number of sulfonamides is 1. The maximum absolute atomic E-state index is 13.8. The topological polar surface area (TPSA) is 108 Å². The molecule has 0 saturated carbocycles. The van der Waals surface area contributed by atoms with Crippen LogP contribution in [0.25, 0.3) is 22.8 Å². The summed E-state index contributed by atoms with van der Waals surface area (Å²) < 4.78 is 61.0. The van der Waals surface area contributed by atoms with Crippen molar-refractivity contribution in [2.75, 3.05) is 13.2 Å². The second kappa shape index (κ2) is 11.3. The molecule has 188 valence electrons. The smallest absolute Gasteiger partial charge is 0.352 e. The van der Waals surface area contributed by atoms with Gasteiger partial charge in [0.25, 0.3) is 10.0 Å². The van der Waals surface area contributed by atoms with E-state index in [-0.39, 0.29) is 29.9 Å². The number of nitrogens with one attached hydrogen (secondary N) is 1. The third-order valence-electron chi connectivity index (χ3n) is 5.22. The first-order chi connectivity index (χ1) is 17.4. The van der Waals surface area contributed by atoms with Gasteiger partial charge >= 0.3 is 7.60 Å². The van der Waals surface area contributed by atoms with E-state index in [1.54, 1.807) is 92.7 Å². The molecular weight excluding hydrogens is 499 g/mol. The average Bonchev–Trinajstić information content (AvgIpc) is 3.36. The lowest BCUT2D eigenvalue weighted by Gasteiger charge is -2.27. The van der Waals surface area contributed by atoms with E-state index in [2.05, 4.69) is 9.71 Å². The van der Waals surface area contributed by atoms with Crippen molar-refractivity contribution < 1.29 is 26.4 Å². The molecule has 0 saturated heterocycles. The molecular formula is C26H27N2O6PS. The van der Waals surface area contributed by atoms with Gasteiger partial charge in [-0.2, -0.15) is 9.71 Å². The fourth-order valence-corrected chi connectivity index (χ4v) is 7.37. The minimum Gasteiger partial charge on any atom is -0.435 e. The molecule has 0 aliphatic rings. The Kier molecular flexibility index (Phi) is 8.18. The van der Waals surface area contributed by atoms with Crippen LogP contribution in [0.1, 0.15) is 25.2 Å². The molecule has 1 atom stereocenters. The van der Waals surface area contributed by atoms with Gasteiger partial charge in [0.15, 0.2) is 5.76 Å². The molecule has 0 aliphatic heterocycles. The number of hydrogen-bond acceptors (Lipinski definition) is 7. The van der Waals surface area contributed by atoms with Crippen molar-refractivity contribution in [1.29, 1.82) is 0 Å². The van der Waals surface area contributed by atoms with Crippen LogP contribution >= 0.6 is 7.60 Å². The summed E-state index contributed by atoms with van der Waals surface area (Å²) >= 11 is 0. The molecule has 0 radical (unpaired) electrons. The second-order valence-corrected chi connectivity index (χ2v) is 11.4. The van der Waals surface area contributed by atoms with Gasteiger partial charge in [-0.1, -0.05) is 78.9 Å². The first-order valence-corrected chi connectivity index (χ1v) is 14.5. The SMILES string of the molecule is CCOP(=O)(OCC)C(NS(=O)(=O)c1nc(-c2ccccc2)oc1-c1ccccc1)c1ccccc1. The van der Waals surface area contributed by atoms with Crippen LogP contribution in [-0.4, -0.2) is 26.6 Å². The van der Waals surface area contributed by atoms with Crippen LogP contribution in [0, 0.1) is 0 Å². The van der Waals surface area contributed by atoms with Gasteiger partial charge in [0.2, 0.25) is 10.9 Å².